The molecule has 1 heterocycles. The Morgan fingerprint density at radius 1 is 1.83 bits per heavy atom. The number of oxime groups is 1. The van der Waals surface area contributed by atoms with E-state index in [1.54, 1.807) is 0 Å². The van der Waals surface area contributed by atoms with E-state index in [4.69, 9.17) is 10.9 Å². The van der Waals surface area contributed by atoms with E-state index in [9.17, 15) is 0 Å². The van der Waals surface area contributed by atoms with Crippen molar-refractivity contribution in [2.45, 2.75) is 24.6 Å². The topological polar surface area (TPSA) is 70.6 Å². The zero-order chi connectivity index (χ0) is 8.97. The predicted octanol–water partition coefficient (Wildman–Crippen LogP) is 0.216. The fourth-order valence-electron chi connectivity index (χ4n) is 1.27. The summed E-state index contributed by atoms with van der Waals surface area (Å²) in [5.41, 5.74) is 5.33. The summed E-state index contributed by atoms with van der Waals surface area (Å²) in [5, 5.41) is 15.1. The van der Waals surface area contributed by atoms with Gasteiger partial charge in [0.05, 0.1) is 6.54 Å². The smallest absolute Gasteiger partial charge is 0.153 e. The van der Waals surface area contributed by atoms with Crippen LogP contribution in [0.3, 0.4) is 0 Å². The van der Waals surface area contributed by atoms with Gasteiger partial charge in [0.2, 0.25) is 0 Å². The molecule has 1 aliphatic heterocycles. The molecule has 1 rings (SSSR count). The molecule has 0 radical (unpaired) electrons. The number of hydrogen-bond donors (Lipinski definition) is 3. The maximum absolute atomic E-state index is 8.29. The van der Waals surface area contributed by atoms with E-state index in [1.165, 1.54) is 12.2 Å². The fraction of sp³-hybridized carbons (Fsp3) is 0.857. The average Bonchev–Trinajstić information content (AvgIpc) is 2.47. The molecule has 4 N–H and O–H groups in total. The number of thioether (sulfide) groups is 1. The lowest BCUT2D eigenvalue weighted by molar-refractivity contribution is 0.316. The molecular weight excluding hydrogens is 174 g/mol. The number of nitrogens with one attached hydrogen (secondary N) is 1. The van der Waals surface area contributed by atoms with Crippen LogP contribution in [0.15, 0.2) is 5.16 Å². The highest BCUT2D eigenvalue weighted by atomic mass is 32.2. The fourth-order valence-corrected chi connectivity index (χ4v) is 2.50. The van der Waals surface area contributed by atoms with Crippen molar-refractivity contribution < 1.29 is 5.21 Å². The van der Waals surface area contributed by atoms with Crippen LogP contribution in [0.25, 0.3) is 0 Å². The summed E-state index contributed by atoms with van der Waals surface area (Å²) in [4.78, 5) is 0. The van der Waals surface area contributed by atoms with Crippen molar-refractivity contribution in [2.24, 2.45) is 10.9 Å². The maximum Gasteiger partial charge on any atom is 0.153 e. The monoisotopic (exact) mass is 189 g/mol. The van der Waals surface area contributed by atoms with Crippen LogP contribution in [-0.4, -0.2) is 34.6 Å². The molecule has 0 spiro atoms. The van der Waals surface area contributed by atoms with Crippen molar-refractivity contribution in [2.75, 3.05) is 12.3 Å². The second kappa shape index (κ2) is 4.57. The second-order valence-corrected chi connectivity index (χ2v) is 4.43. The molecular formula is C7H15N3OS. The number of rotatable bonds is 3. The Balaban J connectivity index is 2.22. The minimum Gasteiger partial charge on any atom is -0.409 e. The summed E-state index contributed by atoms with van der Waals surface area (Å²) in [6, 6.07) is 0.510. The molecule has 2 unspecified atom stereocenters. The third-order valence-electron chi connectivity index (χ3n) is 2.05. The Bertz CT molecular complexity index is 174. The zero-order valence-electron chi connectivity index (χ0n) is 7.16. The van der Waals surface area contributed by atoms with E-state index in [-0.39, 0.29) is 5.84 Å². The highest BCUT2D eigenvalue weighted by molar-refractivity contribution is 8.00. The summed E-state index contributed by atoms with van der Waals surface area (Å²) in [5.74, 6) is 1.45. The van der Waals surface area contributed by atoms with Crippen LogP contribution in [0.2, 0.25) is 0 Å². The second-order valence-electron chi connectivity index (χ2n) is 2.94. The van der Waals surface area contributed by atoms with E-state index < -0.39 is 0 Å². The van der Waals surface area contributed by atoms with Crippen LogP contribution in [0.1, 0.15) is 13.3 Å². The van der Waals surface area contributed by atoms with Gasteiger partial charge in [0, 0.05) is 11.3 Å². The van der Waals surface area contributed by atoms with E-state index in [2.05, 4.69) is 17.4 Å². The SMILES string of the molecule is CC1SCCC1NC/C(N)=N/O. The van der Waals surface area contributed by atoms with Gasteiger partial charge in [-0.3, -0.25) is 0 Å². The summed E-state index contributed by atoms with van der Waals surface area (Å²) < 4.78 is 0. The minimum absolute atomic E-state index is 0.249. The van der Waals surface area contributed by atoms with Gasteiger partial charge in [0.1, 0.15) is 0 Å². The molecule has 0 aromatic rings. The van der Waals surface area contributed by atoms with Gasteiger partial charge in [0.25, 0.3) is 0 Å². The van der Waals surface area contributed by atoms with Gasteiger partial charge in [0.15, 0.2) is 5.84 Å². The molecule has 70 valence electrons. The summed E-state index contributed by atoms with van der Waals surface area (Å²) in [6.07, 6.45) is 1.17. The van der Waals surface area contributed by atoms with Gasteiger partial charge in [-0.25, -0.2) is 0 Å². The first-order valence-electron chi connectivity index (χ1n) is 4.05. The lowest BCUT2D eigenvalue weighted by Crippen LogP contribution is -2.39. The van der Waals surface area contributed by atoms with E-state index in [0.717, 1.165) is 0 Å². The van der Waals surface area contributed by atoms with Crippen molar-refractivity contribution in [3.05, 3.63) is 0 Å². The number of nitrogens with zero attached hydrogens (tertiary/aromatic N) is 1. The minimum atomic E-state index is 0.249. The molecule has 0 bridgehead atoms. The molecule has 0 amide bonds. The third kappa shape index (κ3) is 2.57. The van der Waals surface area contributed by atoms with Crippen LogP contribution in [-0.2, 0) is 0 Å². The third-order valence-corrected chi connectivity index (χ3v) is 3.38. The van der Waals surface area contributed by atoms with E-state index >= 15 is 0 Å². The Labute approximate surface area is 76.6 Å². The molecule has 0 aromatic heterocycles. The zero-order valence-corrected chi connectivity index (χ0v) is 7.97. The van der Waals surface area contributed by atoms with E-state index in [1.807, 2.05) is 11.8 Å². The Kier molecular flexibility index (Phi) is 3.68. The number of nitrogens with two attached hydrogens (primary N) is 1. The molecule has 1 aliphatic rings. The van der Waals surface area contributed by atoms with Crippen molar-refractivity contribution in [1.29, 1.82) is 0 Å². The maximum atomic E-state index is 8.29. The van der Waals surface area contributed by atoms with Gasteiger partial charge in [-0.1, -0.05) is 12.1 Å². The van der Waals surface area contributed by atoms with Gasteiger partial charge in [-0.05, 0) is 12.2 Å². The molecule has 4 nitrogen and oxygen atoms in total. The van der Waals surface area contributed by atoms with Crippen molar-refractivity contribution >= 4 is 17.6 Å². The molecule has 0 aromatic carbocycles. The van der Waals surface area contributed by atoms with Crippen LogP contribution >= 0.6 is 11.8 Å². The molecule has 1 fully saturated rings. The molecule has 0 aliphatic carbocycles. The quantitative estimate of drug-likeness (QED) is 0.257. The first-order valence-corrected chi connectivity index (χ1v) is 5.10. The number of amidine groups is 1. The molecule has 1 saturated heterocycles. The van der Waals surface area contributed by atoms with Crippen molar-refractivity contribution in [1.82, 2.24) is 5.32 Å². The van der Waals surface area contributed by atoms with Crippen LogP contribution in [0, 0.1) is 0 Å². The Morgan fingerprint density at radius 3 is 3.08 bits per heavy atom. The predicted molar refractivity (Wildman–Crippen MR) is 51.7 cm³/mol. The van der Waals surface area contributed by atoms with Crippen LogP contribution in [0.5, 0.6) is 0 Å². The largest absolute Gasteiger partial charge is 0.409 e. The lowest BCUT2D eigenvalue weighted by atomic mass is 10.2. The lowest BCUT2D eigenvalue weighted by Gasteiger charge is -2.15. The highest BCUT2D eigenvalue weighted by Gasteiger charge is 2.23. The molecule has 0 saturated carbocycles. The molecule has 12 heavy (non-hydrogen) atoms. The molecule has 5 heteroatoms. The Hall–Kier alpha value is -0.420. The van der Waals surface area contributed by atoms with Gasteiger partial charge in [-0.2, -0.15) is 11.8 Å². The van der Waals surface area contributed by atoms with Crippen LogP contribution < -0.4 is 11.1 Å². The first kappa shape index (κ1) is 9.67. The highest BCUT2D eigenvalue weighted by Crippen LogP contribution is 2.25. The van der Waals surface area contributed by atoms with Crippen LogP contribution in [0.4, 0.5) is 0 Å². The first-order chi connectivity index (χ1) is 5.74. The van der Waals surface area contributed by atoms with Gasteiger partial charge < -0.3 is 16.3 Å². The van der Waals surface area contributed by atoms with E-state index in [0.29, 0.717) is 17.8 Å². The van der Waals surface area contributed by atoms with Gasteiger partial charge >= 0.3 is 0 Å². The summed E-state index contributed by atoms with van der Waals surface area (Å²) in [7, 11) is 0. The standard InChI is InChI=1S/C7H15N3OS/c1-5-6(2-3-12-5)9-4-7(8)10-11/h5-6,9,11H,2-4H2,1H3,(H2,8,10). The van der Waals surface area contributed by atoms with Crippen molar-refractivity contribution in [3.8, 4) is 0 Å². The average molecular weight is 189 g/mol. The van der Waals surface area contributed by atoms with Crippen molar-refractivity contribution in [3.63, 3.8) is 0 Å². The Morgan fingerprint density at radius 2 is 2.58 bits per heavy atom. The summed E-state index contributed by atoms with van der Waals surface area (Å²) >= 11 is 1.96. The normalized spacial score (nSPS) is 30.9. The molecule has 2 atom stereocenters. The van der Waals surface area contributed by atoms with Gasteiger partial charge in [-0.15, -0.1) is 0 Å². The number of hydrogen-bond acceptors (Lipinski definition) is 4. The summed E-state index contributed by atoms with van der Waals surface area (Å²) in [6.45, 7) is 2.67.